The van der Waals surface area contributed by atoms with Gasteiger partial charge < -0.3 is 4.74 Å². The van der Waals surface area contributed by atoms with E-state index < -0.39 is 0 Å². The summed E-state index contributed by atoms with van der Waals surface area (Å²) >= 11 is 0. The van der Waals surface area contributed by atoms with Crippen LogP contribution in [0.25, 0.3) is 0 Å². The van der Waals surface area contributed by atoms with Gasteiger partial charge in [-0.2, -0.15) is 0 Å². The van der Waals surface area contributed by atoms with E-state index in [1.165, 1.54) is 32.1 Å². The third-order valence-corrected chi connectivity index (χ3v) is 3.30. The van der Waals surface area contributed by atoms with E-state index in [4.69, 9.17) is 4.74 Å². The van der Waals surface area contributed by atoms with Gasteiger partial charge in [-0.1, -0.05) is 26.2 Å². The van der Waals surface area contributed by atoms with Crippen molar-refractivity contribution in [3.8, 4) is 0 Å². The zero-order valence-electron chi connectivity index (χ0n) is 9.42. The summed E-state index contributed by atoms with van der Waals surface area (Å²) in [5.41, 5.74) is 0. The Morgan fingerprint density at radius 1 is 1.14 bits per heavy atom. The topological polar surface area (TPSA) is 26.3 Å². The normalized spacial score (nSPS) is 27.3. The second-order valence-electron chi connectivity index (χ2n) is 4.30. The molecule has 0 radical (unpaired) electrons. The number of esters is 1. The van der Waals surface area contributed by atoms with Crippen LogP contribution < -0.4 is 0 Å². The lowest BCUT2D eigenvalue weighted by Crippen LogP contribution is -2.18. The zero-order valence-corrected chi connectivity index (χ0v) is 9.42. The van der Waals surface area contributed by atoms with Gasteiger partial charge in [0, 0.05) is 6.42 Å². The van der Waals surface area contributed by atoms with Crippen molar-refractivity contribution in [1.29, 1.82) is 0 Å². The van der Waals surface area contributed by atoms with Crippen LogP contribution in [0.5, 0.6) is 0 Å². The molecule has 2 heteroatoms. The smallest absolute Gasteiger partial charge is 0.306 e. The van der Waals surface area contributed by atoms with E-state index in [2.05, 4.69) is 6.92 Å². The lowest BCUT2D eigenvalue weighted by molar-refractivity contribution is -0.144. The lowest BCUT2D eigenvalue weighted by atomic mass is 9.79. The minimum Gasteiger partial charge on any atom is -0.466 e. The molecule has 0 spiro atoms. The van der Waals surface area contributed by atoms with Crippen LogP contribution in [0.3, 0.4) is 0 Å². The van der Waals surface area contributed by atoms with Crippen molar-refractivity contribution in [3.05, 3.63) is 0 Å². The highest BCUT2D eigenvalue weighted by Crippen LogP contribution is 2.32. The summed E-state index contributed by atoms with van der Waals surface area (Å²) in [6, 6.07) is 0. The fourth-order valence-electron chi connectivity index (χ4n) is 2.30. The van der Waals surface area contributed by atoms with Crippen molar-refractivity contribution in [1.82, 2.24) is 0 Å². The number of carbonyl (C=O) groups excluding carboxylic acids is 1. The number of ether oxygens (including phenoxy) is 1. The van der Waals surface area contributed by atoms with Crippen LogP contribution in [0, 0.1) is 11.8 Å². The van der Waals surface area contributed by atoms with E-state index >= 15 is 0 Å². The number of hydrogen-bond acceptors (Lipinski definition) is 2. The number of rotatable bonds is 4. The first-order valence-electron chi connectivity index (χ1n) is 5.91. The van der Waals surface area contributed by atoms with Gasteiger partial charge in [0.25, 0.3) is 0 Å². The van der Waals surface area contributed by atoms with Crippen molar-refractivity contribution in [2.75, 3.05) is 6.61 Å². The van der Waals surface area contributed by atoms with Crippen molar-refractivity contribution in [2.45, 2.75) is 52.4 Å². The SMILES string of the molecule is CCOC(=O)CC1CCC(CC)CC1. The van der Waals surface area contributed by atoms with Crippen LogP contribution in [0.2, 0.25) is 0 Å². The molecular weight excluding hydrogens is 176 g/mol. The third kappa shape index (κ3) is 3.69. The summed E-state index contributed by atoms with van der Waals surface area (Å²) in [7, 11) is 0. The van der Waals surface area contributed by atoms with Gasteiger partial charge in [0.05, 0.1) is 6.61 Å². The third-order valence-electron chi connectivity index (χ3n) is 3.30. The van der Waals surface area contributed by atoms with Crippen molar-refractivity contribution in [2.24, 2.45) is 11.8 Å². The second kappa shape index (κ2) is 6.05. The highest BCUT2D eigenvalue weighted by molar-refractivity contribution is 5.69. The van der Waals surface area contributed by atoms with E-state index in [-0.39, 0.29) is 5.97 Å². The van der Waals surface area contributed by atoms with Gasteiger partial charge in [0.2, 0.25) is 0 Å². The minimum absolute atomic E-state index is 0.00699. The van der Waals surface area contributed by atoms with Crippen molar-refractivity contribution in [3.63, 3.8) is 0 Å². The van der Waals surface area contributed by atoms with Crippen molar-refractivity contribution < 1.29 is 9.53 Å². The summed E-state index contributed by atoms with van der Waals surface area (Å²) < 4.78 is 4.96. The maximum atomic E-state index is 11.2. The van der Waals surface area contributed by atoms with Gasteiger partial charge >= 0.3 is 5.97 Å². The van der Waals surface area contributed by atoms with Gasteiger partial charge in [-0.3, -0.25) is 4.79 Å². The van der Waals surface area contributed by atoms with Crippen LogP contribution >= 0.6 is 0 Å². The first-order chi connectivity index (χ1) is 6.76. The standard InChI is InChI=1S/C12H22O2/c1-3-10-5-7-11(8-6-10)9-12(13)14-4-2/h10-11H,3-9H2,1-2H3. The van der Waals surface area contributed by atoms with Crippen molar-refractivity contribution >= 4 is 5.97 Å². The molecule has 1 fully saturated rings. The maximum Gasteiger partial charge on any atom is 0.306 e. The number of carbonyl (C=O) groups is 1. The molecule has 0 amide bonds. The van der Waals surface area contributed by atoms with Gasteiger partial charge in [-0.05, 0) is 31.6 Å². The van der Waals surface area contributed by atoms with Gasteiger partial charge in [0.1, 0.15) is 0 Å². The Morgan fingerprint density at radius 3 is 2.21 bits per heavy atom. The fourth-order valence-corrected chi connectivity index (χ4v) is 2.30. The molecule has 1 rings (SSSR count). The molecular formula is C12H22O2. The maximum absolute atomic E-state index is 11.2. The Labute approximate surface area is 87.0 Å². The molecule has 1 aliphatic carbocycles. The van der Waals surface area contributed by atoms with Crippen LogP contribution in [-0.2, 0) is 9.53 Å². The molecule has 0 unspecified atom stereocenters. The van der Waals surface area contributed by atoms with E-state index in [0.717, 1.165) is 5.92 Å². The van der Waals surface area contributed by atoms with E-state index in [9.17, 15) is 4.79 Å². The predicted octanol–water partition coefficient (Wildman–Crippen LogP) is 3.16. The molecule has 14 heavy (non-hydrogen) atoms. The fraction of sp³-hybridized carbons (Fsp3) is 0.917. The molecule has 0 atom stereocenters. The van der Waals surface area contributed by atoms with Crippen LogP contribution in [0.15, 0.2) is 0 Å². The van der Waals surface area contributed by atoms with Gasteiger partial charge in [-0.15, -0.1) is 0 Å². The molecule has 0 aromatic heterocycles. The Kier molecular flexibility index (Phi) is 4.99. The van der Waals surface area contributed by atoms with Crippen LogP contribution in [0.1, 0.15) is 52.4 Å². The first-order valence-corrected chi connectivity index (χ1v) is 5.91. The van der Waals surface area contributed by atoms with Gasteiger partial charge in [0.15, 0.2) is 0 Å². The van der Waals surface area contributed by atoms with Crippen LogP contribution in [-0.4, -0.2) is 12.6 Å². The average molecular weight is 198 g/mol. The van der Waals surface area contributed by atoms with E-state index in [0.29, 0.717) is 18.9 Å². The second-order valence-corrected chi connectivity index (χ2v) is 4.30. The molecule has 1 saturated carbocycles. The van der Waals surface area contributed by atoms with Crippen LogP contribution in [0.4, 0.5) is 0 Å². The largest absolute Gasteiger partial charge is 0.466 e. The summed E-state index contributed by atoms with van der Waals surface area (Å²) in [5.74, 6) is 1.50. The molecule has 82 valence electrons. The Hall–Kier alpha value is -0.530. The predicted molar refractivity (Wildman–Crippen MR) is 57.0 cm³/mol. The Bertz CT molecular complexity index is 169. The lowest BCUT2D eigenvalue weighted by Gasteiger charge is -2.26. The Balaban J connectivity index is 2.18. The quantitative estimate of drug-likeness (QED) is 0.649. The molecule has 1 aliphatic rings. The van der Waals surface area contributed by atoms with E-state index in [1.807, 2.05) is 6.92 Å². The molecule has 0 bridgehead atoms. The highest BCUT2D eigenvalue weighted by Gasteiger charge is 2.22. The van der Waals surface area contributed by atoms with Gasteiger partial charge in [-0.25, -0.2) is 0 Å². The molecule has 0 aromatic carbocycles. The average Bonchev–Trinajstić information content (AvgIpc) is 2.19. The molecule has 2 nitrogen and oxygen atoms in total. The highest BCUT2D eigenvalue weighted by atomic mass is 16.5. The zero-order chi connectivity index (χ0) is 10.4. The monoisotopic (exact) mass is 198 g/mol. The Morgan fingerprint density at radius 2 is 1.71 bits per heavy atom. The summed E-state index contributed by atoms with van der Waals surface area (Å²) in [4.78, 5) is 11.2. The number of hydrogen-bond donors (Lipinski definition) is 0. The molecule has 0 saturated heterocycles. The molecule has 0 N–H and O–H groups in total. The summed E-state index contributed by atoms with van der Waals surface area (Å²) in [5, 5.41) is 0. The first kappa shape index (κ1) is 11.5. The summed E-state index contributed by atoms with van der Waals surface area (Å²) in [6.07, 6.45) is 6.99. The van der Waals surface area contributed by atoms with E-state index in [1.54, 1.807) is 0 Å². The molecule has 0 aliphatic heterocycles. The summed E-state index contributed by atoms with van der Waals surface area (Å²) in [6.45, 7) is 4.64. The molecule has 0 aromatic rings. The minimum atomic E-state index is -0.00699. The molecule has 0 heterocycles.